The smallest absolute Gasteiger partial charge is 0.414 e. The molecule has 2 N–H and O–H groups in total. The summed E-state index contributed by atoms with van der Waals surface area (Å²) >= 11 is 0. The number of benzene rings is 1. The van der Waals surface area contributed by atoms with Crippen molar-refractivity contribution in [1.29, 1.82) is 0 Å². The Morgan fingerprint density at radius 1 is 0.821 bits per heavy atom. The predicted molar refractivity (Wildman–Crippen MR) is 104 cm³/mol. The molecule has 156 valence electrons. The monoisotopic (exact) mass is 412 g/mol. The number of aliphatic carboxylic acids is 2. The van der Waals surface area contributed by atoms with E-state index in [1.54, 1.807) is 28.6 Å². The van der Waals surface area contributed by atoms with Crippen molar-refractivity contribution in [3.05, 3.63) is 30.3 Å². The van der Waals surface area contributed by atoms with Crippen molar-refractivity contribution < 1.29 is 28.2 Å². The summed E-state index contributed by atoms with van der Waals surface area (Å²) in [5, 5.41) is 14.8. The van der Waals surface area contributed by atoms with Gasteiger partial charge in [-0.3, -0.25) is 4.90 Å². The van der Waals surface area contributed by atoms with E-state index < -0.39 is 22.0 Å². The lowest BCUT2D eigenvalue weighted by molar-refractivity contribution is -0.159. The van der Waals surface area contributed by atoms with Gasteiger partial charge in [-0.15, -0.1) is 0 Å². The van der Waals surface area contributed by atoms with Crippen LogP contribution >= 0.6 is 0 Å². The van der Waals surface area contributed by atoms with Crippen molar-refractivity contribution in [2.45, 2.75) is 49.5 Å². The molecule has 2 aliphatic rings. The van der Waals surface area contributed by atoms with Crippen LogP contribution in [0.1, 0.15) is 38.5 Å². The van der Waals surface area contributed by atoms with Crippen LogP contribution in [0.3, 0.4) is 0 Å². The van der Waals surface area contributed by atoms with Crippen LogP contribution in [0.4, 0.5) is 0 Å². The molecule has 0 unspecified atom stereocenters. The predicted octanol–water partition coefficient (Wildman–Crippen LogP) is 1.87. The molecule has 0 amide bonds. The standard InChI is InChI=1S/C17H26N2O2S.C2H2O4/c20-22(21,17-10-6-3-7-11-17)19-14-12-18(13-15-19)16-8-4-1-2-5-9-16;3-1(4)2(5)6/h3,6-7,10-11,16H,1-2,4-5,8-9,12-15H2;(H,3,4)(H,5,6). The van der Waals surface area contributed by atoms with Gasteiger partial charge in [-0.2, -0.15) is 4.31 Å². The number of piperazine rings is 1. The van der Waals surface area contributed by atoms with Crippen LogP contribution in [0.15, 0.2) is 35.2 Å². The molecule has 0 bridgehead atoms. The van der Waals surface area contributed by atoms with Gasteiger partial charge in [-0.1, -0.05) is 43.9 Å². The second kappa shape index (κ2) is 10.5. The van der Waals surface area contributed by atoms with Crippen LogP contribution in [0.5, 0.6) is 0 Å². The highest BCUT2D eigenvalue weighted by Crippen LogP contribution is 2.24. The average Bonchev–Trinajstić information content (AvgIpc) is 2.99. The molecule has 1 aromatic rings. The topological polar surface area (TPSA) is 115 Å². The first-order chi connectivity index (χ1) is 13.3. The second-order valence-electron chi connectivity index (χ2n) is 7.01. The van der Waals surface area contributed by atoms with Crippen LogP contribution in [-0.4, -0.2) is 72.0 Å². The molecule has 8 nitrogen and oxygen atoms in total. The van der Waals surface area contributed by atoms with Crippen molar-refractivity contribution in [3.63, 3.8) is 0 Å². The van der Waals surface area contributed by atoms with Gasteiger partial charge in [0.2, 0.25) is 10.0 Å². The van der Waals surface area contributed by atoms with Crippen LogP contribution < -0.4 is 0 Å². The maximum Gasteiger partial charge on any atom is 0.414 e. The summed E-state index contributed by atoms with van der Waals surface area (Å²) in [5.74, 6) is -3.65. The van der Waals surface area contributed by atoms with E-state index >= 15 is 0 Å². The van der Waals surface area contributed by atoms with E-state index in [0.29, 0.717) is 24.0 Å². The zero-order valence-electron chi connectivity index (χ0n) is 15.9. The number of hydrogen-bond acceptors (Lipinski definition) is 5. The van der Waals surface area contributed by atoms with Gasteiger partial charge in [-0.25, -0.2) is 18.0 Å². The Bertz CT molecular complexity index is 725. The maximum absolute atomic E-state index is 12.6. The minimum Gasteiger partial charge on any atom is -0.473 e. The molecule has 1 heterocycles. The third-order valence-corrected chi connectivity index (χ3v) is 7.09. The molecule has 1 aliphatic heterocycles. The molecule has 9 heteroatoms. The van der Waals surface area contributed by atoms with Crippen molar-refractivity contribution in [2.75, 3.05) is 26.2 Å². The van der Waals surface area contributed by atoms with Crippen LogP contribution in [-0.2, 0) is 19.6 Å². The Morgan fingerprint density at radius 2 is 1.32 bits per heavy atom. The molecule has 0 spiro atoms. The van der Waals surface area contributed by atoms with Gasteiger partial charge in [0.15, 0.2) is 0 Å². The molecule has 0 radical (unpaired) electrons. The Morgan fingerprint density at radius 3 is 1.79 bits per heavy atom. The number of carbonyl (C=O) groups is 2. The molecular weight excluding hydrogens is 384 g/mol. The summed E-state index contributed by atoms with van der Waals surface area (Å²) in [5.41, 5.74) is 0. The number of nitrogens with zero attached hydrogens (tertiary/aromatic N) is 2. The first kappa shape index (κ1) is 22.3. The van der Waals surface area contributed by atoms with Gasteiger partial charge < -0.3 is 10.2 Å². The molecule has 1 aromatic carbocycles. The van der Waals surface area contributed by atoms with Gasteiger partial charge in [0.05, 0.1) is 4.90 Å². The largest absolute Gasteiger partial charge is 0.473 e. The summed E-state index contributed by atoms with van der Waals surface area (Å²) in [7, 11) is -3.32. The quantitative estimate of drug-likeness (QED) is 0.575. The minimum absolute atomic E-state index is 0.415. The van der Waals surface area contributed by atoms with Crippen molar-refractivity contribution in [3.8, 4) is 0 Å². The number of sulfonamides is 1. The molecule has 1 saturated heterocycles. The molecule has 3 rings (SSSR count). The third kappa shape index (κ3) is 6.29. The van der Waals surface area contributed by atoms with Crippen molar-refractivity contribution >= 4 is 22.0 Å². The average molecular weight is 413 g/mol. The zero-order valence-corrected chi connectivity index (χ0v) is 16.7. The van der Waals surface area contributed by atoms with Crippen LogP contribution in [0, 0.1) is 0 Å². The molecule has 28 heavy (non-hydrogen) atoms. The molecule has 2 fully saturated rings. The van der Waals surface area contributed by atoms with Gasteiger partial charge in [0, 0.05) is 32.2 Å². The van der Waals surface area contributed by atoms with Crippen LogP contribution in [0.25, 0.3) is 0 Å². The number of hydrogen-bond donors (Lipinski definition) is 2. The van der Waals surface area contributed by atoms with Crippen LogP contribution in [0.2, 0.25) is 0 Å². The number of carboxylic acids is 2. The van der Waals surface area contributed by atoms with E-state index in [4.69, 9.17) is 19.8 Å². The lowest BCUT2D eigenvalue weighted by Gasteiger charge is -2.38. The second-order valence-corrected chi connectivity index (χ2v) is 8.95. The van der Waals surface area contributed by atoms with E-state index in [-0.39, 0.29) is 0 Å². The Kier molecular flexibility index (Phi) is 8.40. The molecule has 0 atom stereocenters. The normalized spacial score (nSPS) is 19.9. The van der Waals surface area contributed by atoms with Gasteiger partial charge in [0.25, 0.3) is 0 Å². The van der Waals surface area contributed by atoms with E-state index in [1.165, 1.54) is 38.5 Å². The summed E-state index contributed by atoms with van der Waals surface area (Å²) in [6.07, 6.45) is 7.94. The molecular formula is C19H28N2O6S. The molecule has 1 saturated carbocycles. The minimum atomic E-state index is -3.32. The fourth-order valence-corrected chi connectivity index (χ4v) is 5.12. The SMILES string of the molecule is O=C(O)C(=O)O.O=S(=O)(c1ccccc1)N1CCN(C2CCCCCC2)CC1. The zero-order chi connectivity index (χ0) is 20.6. The molecule has 1 aliphatic carbocycles. The third-order valence-electron chi connectivity index (χ3n) is 5.18. The van der Waals surface area contributed by atoms with E-state index in [0.717, 1.165) is 13.1 Å². The van der Waals surface area contributed by atoms with E-state index in [9.17, 15) is 8.42 Å². The maximum atomic E-state index is 12.6. The lowest BCUT2D eigenvalue weighted by Crippen LogP contribution is -2.51. The Balaban J connectivity index is 0.000000409. The number of rotatable bonds is 3. The summed E-state index contributed by atoms with van der Waals surface area (Å²) < 4.78 is 26.9. The van der Waals surface area contributed by atoms with E-state index in [1.807, 2.05) is 6.07 Å². The summed E-state index contributed by atoms with van der Waals surface area (Å²) in [6.45, 7) is 2.98. The molecule has 0 aromatic heterocycles. The Labute approximate surface area is 165 Å². The van der Waals surface area contributed by atoms with Gasteiger partial charge >= 0.3 is 11.9 Å². The fraction of sp³-hybridized carbons (Fsp3) is 0.579. The Hall–Kier alpha value is -1.97. The lowest BCUT2D eigenvalue weighted by atomic mass is 10.1. The summed E-state index contributed by atoms with van der Waals surface area (Å²) in [4.78, 5) is 21.1. The van der Waals surface area contributed by atoms with Gasteiger partial charge in [0.1, 0.15) is 0 Å². The van der Waals surface area contributed by atoms with Gasteiger partial charge in [-0.05, 0) is 25.0 Å². The first-order valence-corrected chi connectivity index (χ1v) is 11.0. The highest BCUT2D eigenvalue weighted by molar-refractivity contribution is 7.89. The van der Waals surface area contributed by atoms with Crippen molar-refractivity contribution in [1.82, 2.24) is 9.21 Å². The van der Waals surface area contributed by atoms with Crippen molar-refractivity contribution in [2.24, 2.45) is 0 Å². The van der Waals surface area contributed by atoms with E-state index in [2.05, 4.69) is 4.90 Å². The highest BCUT2D eigenvalue weighted by atomic mass is 32.2. The number of carboxylic acid groups (broad SMARTS) is 2. The fourth-order valence-electron chi connectivity index (χ4n) is 3.67. The summed E-state index contributed by atoms with van der Waals surface area (Å²) in [6, 6.07) is 9.47. The highest BCUT2D eigenvalue weighted by Gasteiger charge is 2.30. The first-order valence-electron chi connectivity index (χ1n) is 9.58.